The first-order chi connectivity index (χ1) is 15.3. The number of aromatic nitrogens is 2. The first kappa shape index (κ1) is 16.8. The van der Waals surface area contributed by atoms with E-state index in [1.807, 2.05) is 66.7 Å². The van der Waals surface area contributed by atoms with E-state index in [1.165, 1.54) is 11.3 Å². The summed E-state index contributed by atoms with van der Waals surface area (Å²) in [6, 6.07) is 28.0. The molecule has 0 spiro atoms. The third-order valence-electron chi connectivity index (χ3n) is 5.86. The van der Waals surface area contributed by atoms with Crippen LogP contribution in [-0.4, -0.2) is 9.38 Å². The maximum absolute atomic E-state index is 13.5. The van der Waals surface area contributed by atoms with E-state index in [4.69, 9.17) is 4.42 Å². The highest BCUT2D eigenvalue weighted by molar-refractivity contribution is 7.23. The molecule has 146 valence electrons. The molecule has 0 saturated heterocycles. The Kier molecular flexibility index (Phi) is 3.27. The predicted octanol–water partition coefficient (Wildman–Crippen LogP) is 6.63. The molecule has 5 heteroatoms. The average Bonchev–Trinajstić information content (AvgIpc) is 3.37. The number of nitrogens with zero attached hydrogens (tertiary/aromatic N) is 2. The van der Waals surface area contributed by atoms with Crippen LogP contribution in [0.2, 0.25) is 0 Å². The largest absolute Gasteiger partial charge is 0.456 e. The molecule has 0 saturated carbocycles. The normalized spacial score (nSPS) is 12.0. The molecular weight excluding hydrogens is 404 g/mol. The van der Waals surface area contributed by atoms with Crippen LogP contribution in [0.15, 0.2) is 94.1 Å². The summed E-state index contributed by atoms with van der Waals surface area (Å²) in [4.78, 5) is 18.8. The Morgan fingerprint density at radius 1 is 0.806 bits per heavy atom. The van der Waals surface area contributed by atoms with E-state index in [9.17, 15) is 4.79 Å². The highest BCUT2D eigenvalue weighted by atomic mass is 32.1. The standard InChI is InChI=1S/C26H14N2O2S/c29-25-18-14-15(16-7-5-11-22-24(16)17-6-1-4-10-21(17)30-22)12-13-23(18)31-26-27-19-8-2-3-9-20(19)28(25)26/h1-14H. The van der Waals surface area contributed by atoms with Gasteiger partial charge in [-0.05, 0) is 47.5 Å². The van der Waals surface area contributed by atoms with Crippen LogP contribution >= 0.6 is 11.3 Å². The van der Waals surface area contributed by atoms with Crippen LogP contribution in [0.5, 0.6) is 0 Å². The summed E-state index contributed by atoms with van der Waals surface area (Å²) in [6.07, 6.45) is 0. The van der Waals surface area contributed by atoms with Crippen molar-refractivity contribution in [1.29, 1.82) is 0 Å². The van der Waals surface area contributed by atoms with Crippen molar-refractivity contribution in [2.45, 2.75) is 0 Å². The van der Waals surface area contributed by atoms with Crippen LogP contribution in [0.3, 0.4) is 0 Å². The summed E-state index contributed by atoms with van der Waals surface area (Å²) >= 11 is 1.54. The average molecular weight is 418 g/mol. The summed E-state index contributed by atoms with van der Waals surface area (Å²) in [7, 11) is 0. The Morgan fingerprint density at radius 3 is 2.61 bits per heavy atom. The lowest BCUT2D eigenvalue weighted by molar-refractivity contribution is 0.669. The zero-order chi connectivity index (χ0) is 20.5. The van der Waals surface area contributed by atoms with Crippen molar-refractivity contribution in [1.82, 2.24) is 9.38 Å². The number of imidazole rings is 1. The second kappa shape index (κ2) is 6.03. The summed E-state index contributed by atoms with van der Waals surface area (Å²) < 4.78 is 8.70. The topological polar surface area (TPSA) is 47.5 Å². The second-order valence-electron chi connectivity index (χ2n) is 7.61. The van der Waals surface area contributed by atoms with Gasteiger partial charge in [0.2, 0.25) is 0 Å². The lowest BCUT2D eigenvalue weighted by Gasteiger charge is -2.06. The zero-order valence-electron chi connectivity index (χ0n) is 16.2. The molecule has 0 aliphatic rings. The fourth-order valence-electron chi connectivity index (χ4n) is 4.46. The Hall–Kier alpha value is -3.96. The minimum atomic E-state index is -0.0384. The number of hydrogen-bond donors (Lipinski definition) is 0. The molecule has 4 aromatic carbocycles. The summed E-state index contributed by atoms with van der Waals surface area (Å²) in [5.74, 6) is 0. The Balaban J connectivity index is 1.57. The van der Waals surface area contributed by atoms with Crippen molar-refractivity contribution in [3.63, 3.8) is 0 Å². The van der Waals surface area contributed by atoms with E-state index in [0.29, 0.717) is 5.39 Å². The van der Waals surface area contributed by atoms with Crippen LogP contribution in [0.4, 0.5) is 0 Å². The van der Waals surface area contributed by atoms with Gasteiger partial charge in [-0.1, -0.05) is 59.9 Å². The van der Waals surface area contributed by atoms with Gasteiger partial charge in [0.1, 0.15) is 11.2 Å². The zero-order valence-corrected chi connectivity index (χ0v) is 17.0. The molecule has 7 rings (SSSR count). The molecule has 0 aliphatic heterocycles. The smallest absolute Gasteiger partial charge is 0.266 e. The summed E-state index contributed by atoms with van der Waals surface area (Å²) in [6.45, 7) is 0. The van der Waals surface area contributed by atoms with E-state index in [-0.39, 0.29) is 5.56 Å². The third-order valence-corrected chi connectivity index (χ3v) is 6.89. The number of fused-ring (bicyclic) bond motifs is 7. The fourth-order valence-corrected chi connectivity index (χ4v) is 5.46. The molecule has 3 heterocycles. The molecule has 0 fully saturated rings. The van der Waals surface area contributed by atoms with E-state index < -0.39 is 0 Å². The lowest BCUT2D eigenvalue weighted by atomic mass is 9.99. The number of para-hydroxylation sites is 3. The van der Waals surface area contributed by atoms with Crippen molar-refractivity contribution >= 4 is 59.4 Å². The molecule has 0 radical (unpaired) electrons. The first-order valence-corrected chi connectivity index (χ1v) is 10.8. The van der Waals surface area contributed by atoms with Crippen molar-refractivity contribution in [3.8, 4) is 11.1 Å². The van der Waals surface area contributed by atoms with Gasteiger partial charge in [0.15, 0.2) is 4.96 Å². The minimum Gasteiger partial charge on any atom is -0.456 e. The van der Waals surface area contributed by atoms with E-state index in [0.717, 1.165) is 53.8 Å². The van der Waals surface area contributed by atoms with E-state index in [2.05, 4.69) is 23.2 Å². The summed E-state index contributed by atoms with van der Waals surface area (Å²) in [5.41, 5.74) is 5.41. The van der Waals surface area contributed by atoms with Gasteiger partial charge in [-0.25, -0.2) is 9.38 Å². The maximum atomic E-state index is 13.5. The predicted molar refractivity (Wildman–Crippen MR) is 127 cm³/mol. The van der Waals surface area contributed by atoms with Gasteiger partial charge in [0, 0.05) is 15.5 Å². The van der Waals surface area contributed by atoms with Gasteiger partial charge in [0.25, 0.3) is 5.56 Å². The number of hydrogen-bond acceptors (Lipinski definition) is 4. The van der Waals surface area contributed by atoms with Crippen molar-refractivity contribution < 1.29 is 4.42 Å². The van der Waals surface area contributed by atoms with Gasteiger partial charge >= 0.3 is 0 Å². The first-order valence-electron chi connectivity index (χ1n) is 10.0. The minimum absolute atomic E-state index is 0.0384. The van der Waals surface area contributed by atoms with Crippen molar-refractivity contribution in [2.24, 2.45) is 0 Å². The molecule has 0 bridgehead atoms. The molecular formula is C26H14N2O2S. The van der Waals surface area contributed by atoms with E-state index in [1.54, 1.807) is 4.40 Å². The second-order valence-corrected chi connectivity index (χ2v) is 8.62. The van der Waals surface area contributed by atoms with Gasteiger partial charge in [-0.15, -0.1) is 0 Å². The lowest BCUT2D eigenvalue weighted by Crippen LogP contribution is -2.11. The quantitative estimate of drug-likeness (QED) is 0.301. The van der Waals surface area contributed by atoms with Gasteiger partial charge in [0.05, 0.1) is 16.4 Å². The molecule has 0 N–H and O–H groups in total. The maximum Gasteiger partial charge on any atom is 0.266 e. The molecule has 0 aliphatic carbocycles. The SMILES string of the molecule is O=c1c2cc(-c3cccc4oc5ccccc5c34)ccc2sc2nc3ccccc3n12. The van der Waals surface area contributed by atoms with Crippen molar-refractivity contribution in [3.05, 3.63) is 95.3 Å². The molecule has 7 aromatic rings. The highest BCUT2D eigenvalue weighted by Gasteiger charge is 2.15. The molecule has 4 nitrogen and oxygen atoms in total. The molecule has 0 unspecified atom stereocenters. The van der Waals surface area contributed by atoms with Gasteiger partial charge in [-0.3, -0.25) is 4.79 Å². The van der Waals surface area contributed by atoms with Crippen LogP contribution in [0.25, 0.3) is 59.1 Å². The summed E-state index contributed by atoms with van der Waals surface area (Å²) in [5, 5.41) is 2.85. The Bertz CT molecular complexity index is 1870. The van der Waals surface area contributed by atoms with Crippen LogP contribution in [-0.2, 0) is 0 Å². The van der Waals surface area contributed by atoms with Crippen LogP contribution in [0.1, 0.15) is 0 Å². The third kappa shape index (κ3) is 2.29. The van der Waals surface area contributed by atoms with E-state index >= 15 is 0 Å². The number of rotatable bonds is 1. The Morgan fingerprint density at radius 2 is 1.65 bits per heavy atom. The number of benzene rings is 4. The molecule has 31 heavy (non-hydrogen) atoms. The highest BCUT2D eigenvalue weighted by Crippen LogP contribution is 2.37. The molecule has 0 amide bonds. The number of furan rings is 1. The fraction of sp³-hybridized carbons (Fsp3) is 0. The molecule has 0 atom stereocenters. The van der Waals surface area contributed by atoms with Crippen LogP contribution in [0, 0.1) is 0 Å². The monoisotopic (exact) mass is 418 g/mol. The Labute approximate surface area is 179 Å². The molecule has 3 aromatic heterocycles. The van der Waals surface area contributed by atoms with Gasteiger partial charge < -0.3 is 4.42 Å². The van der Waals surface area contributed by atoms with Gasteiger partial charge in [-0.2, -0.15) is 0 Å². The van der Waals surface area contributed by atoms with Crippen LogP contribution < -0.4 is 5.56 Å². The van der Waals surface area contributed by atoms with Crippen molar-refractivity contribution in [2.75, 3.05) is 0 Å².